The Morgan fingerprint density at radius 1 is 1.12 bits per heavy atom. The highest BCUT2D eigenvalue weighted by molar-refractivity contribution is 5.95. The first-order chi connectivity index (χ1) is 11.7. The monoisotopic (exact) mass is 352 g/mol. The highest BCUT2D eigenvalue weighted by Crippen LogP contribution is 2.31. The van der Waals surface area contributed by atoms with E-state index in [4.69, 9.17) is 0 Å². The summed E-state index contributed by atoms with van der Waals surface area (Å²) in [5.41, 5.74) is 0.0385. The predicted octanol–water partition coefficient (Wildman–Crippen LogP) is 3.23. The highest BCUT2D eigenvalue weighted by atomic mass is 19.4. The number of benzene rings is 2. The normalized spacial score (nSPS) is 12.6. The summed E-state index contributed by atoms with van der Waals surface area (Å²) in [5, 5.41) is 12.5. The lowest BCUT2D eigenvalue weighted by Crippen LogP contribution is -2.30. The second kappa shape index (κ2) is 7.57. The number of aliphatic hydroxyl groups is 1. The number of carbonyl (C=O) groups excluding carboxylic acids is 1. The Morgan fingerprint density at radius 3 is 2.28 bits per heavy atom. The van der Waals surface area contributed by atoms with Crippen molar-refractivity contribution in [3.8, 4) is 0 Å². The van der Waals surface area contributed by atoms with Gasteiger partial charge in [0.1, 0.15) is 0 Å². The lowest BCUT2D eigenvalue weighted by Gasteiger charge is -2.17. The van der Waals surface area contributed by atoms with E-state index in [1.54, 1.807) is 24.3 Å². The molecule has 2 aromatic carbocycles. The first-order valence-corrected chi connectivity index (χ1v) is 7.60. The molecule has 0 aliphatic carbocycles. The zero-order valence-electron chi connectivity index (χ0n) is 13.8. The standard InChI is InChI=1S/C18H19F3N2O2/c1-23(2)13-9-7-12(8-10-13)16(24)11-22-17(25)14-5-3-4-6-15(14)18(19,20)21/h3-10,16,24H,11H2,1-2H3,(H,22,25). The van der Waals surface area contributed by atoms with Crippen LogP contribution in [-0.2, 0) is 6.18 Å². The summed E-state index contributed by atoms with van der Waals surface area (Å²) in [5.74, 6) is -0.878. The quantitative estimate of drug-likeness (QED) is 0.869. The second-order valence-electron chi connectivity index (χ2n) is 5.76. The van der Waals surface area contributed by atoms with E-state index in [0.29, 0.717) is 5.56 Å². The lowest BCUT2D eigenvalue weighted by molar-refractivity contribution is -0.137. The van der Waals surface area contributed by atoms with Crippen molar-refractivity contribution < 1.29 is 23.1 Å². The first-order valence-electron chi connectivity index (χ1n) is 7.60. The number of hydrogen-bond donors (Lipinski definition) is 2. The minimum atomic E-state index is -4.62. The molecular formula is C18H19F3N2O2. The third-order valence-corrected chi connectivity index (χ3v) is 3.73. The molecule has 0 saturated heterocycles. The van der Waals surface area contributed by atoms with E-state index in [9.17, 15) is 23.1 Å². The number of alkyl halides is 3. The highest BCUT2D eigenvalue weighted by Gasteiger charge is 2.34. The van der Waals surface area contributed by atoms with Gasteiger partial charge in [0.15, 0.2) is 0 Å². The van der Waals surface area contributed by atoms with E-state index >= 15 is 0 Å². The van der Waals surface area contributed by atoms with Crippen LogP contribution in [0.15, 0.2) is 48.5 Å². The van der Waals surface area contributed by atoms with Gasteiger partial charge in [-0.1, -0.05) is 24.3 Å². The van der Waals surface area contributed by atoms with Gasteiger partial charge in [0.05, 0.1) is 17.2 Å². The molecule has 0 saturated carbocycles. The van der Waals surface area contributed by atoms with Gasteiger partial charge in [0.25, 0.3) is 5.91 Å². The van der Waals surface area contributed by atoms with Gasteiger partial charge in [0, 0.05) is 26.3 Å². The third-order valence-electron chi connectivity index (χ3n) is 3.73. The number of amides is 1. The van der Waals surface area contributed by atoms with Crippen LogP contribution in [0.2, 0.25) is 0 Å². The molecule has 1 atom stereocenters. The maximum absolute atomic E-state index is 12.9. The van der Waals surface area contributed by atoms with Gasteiger partial charge in [0.2, 0.25) is 0 Å². The molecule has 2 aromatic rings. The summed E-state index contributed by atoms with van der Waals surface area (Å²) in [6.45, 7) is -0.188. The van der Waals surface area contributed by atoms with Crippen molar-refractivity contribution in [1.82, 2.24) is 5.32 Å². The molecule has 1 unspecified atom stereocenters. The van der Waals surface area contributed by atoms with Crippen molar-refractivity contribution in [2.75, 3.05) is 25.5 Å². The predicted molar refractivity (Wildman–Crippen MR) is 89.5 cm³/mol. The number of nitrogens with zero attached hydrogens (tertiary/aromatic N) is 1. The van der Waals surface area contributed by atoms with Crippen LogP contribution < -0.4 is 10.2 Å². The molecule has 0 aliphatic rings. The zero-order chi connectivity index (χ0) is 18.6. The number of aliphatic hydroxyl groups excluding tert-OH is 1. The third kappa shape index (κ3) is 4.73. The summed E-state index contributed by atoms with van der Waals surface area (Å²) in [4.78, 5) is 14.0. The van der Waals surface area contributed by atoms with Gasteiger partial charge in [-0.25, -0.2) is 0 Å². The maximum atomic E-state index is 12.9. The lowest BCUT2D eigenvalue weighted by atomic mass is 10.1. The van der Waals surface area contributed by atoms with Gasteiger partial charge >= 0.3 is 6.18 Å². The number of rotatable bonds is 5. The molecule has 4 nitrogen and oxygen atoms in total. The van der Waals surface area contributed by atoms with Crippen LogP contribution in [0.5, 0.6) is 0 Å². The van der Waals surface area contributed by atoms with Crippen LogP contribution >= 0.6 is 0 Å². The fourth-order valence-electron chi connectivity index (χ4n) is 2.33. The van der Waals surface area contributed by atoms with Crippen LogP contribution in [0.25, 0.3) is 0 Å². The number of anilines is 1. The van der Waals surface area contributed by atoms with Crippen molar-refractivity contribution in [1.29, 1.82) is 0 Å². The average Bonchev–Trinajstić information content (AvgIpc) is 2.58. The van der Waals surface area contributed by atoms with Crippen molar-refractivity contribution in [2.45, 2.75) is 12.3 Å². The largest absolute Gasteiger partial charge is 0.417 e. The molecule has 0 radical (unpaired) electrons. The maximum Gasteiger partial charge on any atom is 0.417 e. The number of hydrogen-bond acceptors (Lipinski definition) is 3. The number of nitrogens with one attached hydrogen (secondary N) is 1. The molecule has 25 heavy (non-hydrogen) atoms. The van der Waals surface area contributed by atoms with Gasteiger partial charge < -0.3 is 15.3 Å². The van der Waals surface area contributed by atoms with E-state index in [0.717, 1.165) is 17.8 Å². The molecule has 7 heteroatoms. The van der Waals surface area contributed by atoms with E-state index in [-0.39, 0.29) is 6.54 Å². The minimum absolute atomic E-state index is 0.188. The zero-order valence-corrected chi connectivity index (χ0v) is 13.8. The fraction of sp³-hybridized carbons (Fsp3) is 0.278. The first kappa shape index (κ1) is 18.8. The molecule has 0 fully saturated rings. The van der Waals surface area contributed by atoms with Gasteiger partial charge in [-0.15, -0.1) is 0 Å². The Bertz CT molecular complexity index is 728. The van der Waals surface area contributed by atoms with Crippen LogP contribution in [0, 0.1) is 0 Å². The summed E-state index contributed by atoms with van der Waals surface area (Å²) >= 11 is 0. The minimum Gasteiger partial charge on any atom is -0.387 e. The van der Waals surface area contributed by atoms with E-state index in [1.165, 1.54) is 12.1 Å². The van der Waals surface area contributed by atoms with E-state index in [2.05, 4.69) is 5.32 Å². The van der Waals surface area contributed by atoms with Crippen molar-refractivity contribution in [3.05, 3.63) is 65.2 Å². The fourth-order valence-corrected chi connectivity index (χ4v) is 2.33. The molecular weight excluding hydrogens is 333 g/mol. The van der Waals surface area contributed by atoms with Gasteiger partial charge in [-0.05, 0) is 29.8 Å². The number of carbonyl (C=O) groups is 1. The Labute approximate surface area is 143 Å². The summed E-state index contributed by atoms with van der Waals surface area (Å²) in [6, 6.07) is 11.6. The van der Waals surface area contributed by atoms with Crippen LogP contribution in [0.4, 0.5) is 18.9 Å². The topological polar surface area (TPSA) is 52.6 Å². The molecule has 0 spiro atoms. The summed E-state index contributed by atoms with van der Waals surface area (Å²) < 4.78 is 38.8. The number of halogens is 3. The van der Waals surface area contributed by atoms with Crippen LogP contribution in [0.3, 0.4) is 0 Å². The van der Waals surface area contributed by atoms with Crippen LogP contribution in [0.1, 0.15) is 27.6 Å². The molecule has 0 aromatic heterocycles. The molecule has 134 valence electrons. The van der Waals surface area contributed by atoms with Crippen molar-refractivity contribution in [2.24, 2.45) is 0 Å². The summed E-state index contributed by atoms with van der Waals surface area (Å²) in [7, 11) is 3.76. The van der Waals surface area contributed by atoms with E-state index in [1.807, 2.05) is 19.0 Å². The smallest absolute Gasteiger partial charge is 0.387 e. The second-order valence-corrected chi connectivity index (χ2v) is 5.76. The Hall–Kier alpha value is -2.54. The Balaban J connectivity index is 2.05. The Kier molecular flexibility index (Phi) is 5.69. The average molecular weight is 352 g/mol. The molecule has 1 amide bonds. The molecule has 0 bridgehead atoms. The summed E-state index contributed by atoms with van der Waals surface area (Å²) in [6.07, 6.45) is -5.63. The van der Waals surface area contributed by atoms with E-state index < -0.39 is 29.3 Å². The SMILES string of the molecule is CN(C)c1ccc(C(O)CNC(=O)c2ccccc2C(F)(F)F)cc1. The molecule has 0 heterocycles. The van der Waals surface area contributed by atoms with Crippen LogP contribution in [-0.4, -0.2) is 31.7 Å². The molecule has 2 N–H and O–H groups in total. The van der Waals surface area contributed by atoms with Crippen molar-refractivity contribution >= 4 is 11.6 Å². The van der Waals surface area contributed by atoms with Crippen molar-refractivity contribution in [3.63, 3.8) is 0 Å². The molecule has 2 rings (SSSR count). The Morgan fingerprint density at radius 2 is 1.72 bits per heavy atom. The van der Waals surface area contributed by atoms with Gasteiger partial charge in [-0.2, -0.15) is 13.2 Å². The molecule has 0 aliphatic heterocycles. The van der Waals surface area contributed by atoms with Gasteiger partial charge in [-0.3, -0.25) is 4.79 Å².